The number of halogens is 3. The summed E-state index contributed by atoms with van der Waals surface area (Å²) in [6.07, 6.45) is -0.617. The van der Waals surface area contributed by atoms with Gasteiger partial charge in [0.05, 0.1) is 0 Å². The molecule has 6 heteroatoms. The fraction of sp³-hybridized carbons (Fsp3) is 0.900. The van der Waals surface area contributed by atoms with Crippen LogP contribution in [-0.2, 0) is 0 Å². The highest BCUT2D eigenvalue weighted by molar-refractivity contribution is 5.74. The quantitative estimate of drug-likeness (QED) is 0.762. The minimum absolute atomic E-state index is 0.0180. The summed E-state index contributed by atoms with van der Waals surface area (Å²) >= 11 is 0. The molecule has 0 aromatic carbocycles. The molecule has 94 valence electrons. The first kappa shape index (κ1) is 13.1. The summed E-state index contributed by atoms with van der Waals surface area (Å²) in [6, 6.07) is -0.707. The Balaban J connectivity index is 2.19. The van der Waals surface area contributed by atoms with E-state index in [1.807, 2.05) is 0 Å². The van der Waals surface area contributed by atoms with Crippen molar-refractivity contribution in [3.8, 4) is 0 Å². The van der Waals surface area contributed by atoms with E-state index in [2.05, 4.69) is 12.2 Å². The molecule has 2 N–H and O–H groups in total. The number of rotatable bonds is 2. The van der Waals surface area contributed by atoms with Crippen molar-refractivity contribution in [2.24, 2.45) is 5.92 Å². The van der Waals surface area contributed by atoms with Gasteiger partial charge in [-0.2, -0.15) is 13.2 Å². The van der Waals surface area contributed by atoms with Crippen molar-refractivity contribution >= 4 is 6.03 Å². The number of hydrogen-bond donors (Lipinski definition) is 2. The van der Waals surface area contributed by atoms with Crippen LogP contribution < -0.4 is 10.6 Å². The smallest absolute Gasteiger partial charge is 0.335 e. The number of carbonyl (C=O) groups is 1. The van der Waals surface area contributed by atoms with Gasteiger partial charge >= 0.3 is 12.2 Å². The molecular formula is C10H17F3N2O. The van der Waals surface area contributed by atoms with Gasteiger partial charge in [0, 0.05) is 6.04 Å². The molecule has 2 amide bonds. The van der Waals surface area contributed by atoms with Gasteiger partial charge in [-0.15, -0.1) is 0 Å². The lowest BCUT2D eigenvalue weighted by molar-refractivity contribution is -0.122. The van der Waals surface area contributed by atoms with Crippen LogP contribution in [0.25, 0.3) is 0 Å². The molecule has 0 saturated heterocycles. The van der Waals surface area contributed by atoms with E-state index in [1.165, 1.54) is 0 Å². The molecule has 1 fully saturated rings. The van der Waals surface area contributed by atoms with Crippen LogP contribution in [0.4, 0.5) is 18.0 Å². The third kappa shape index (κ3) is 5.23. The predicted molar refractivity (Wildman–Crippen MR) is 54.0 cm³/mol. The summed E-state index contributed by atoms with van der Waals surface area (Å²) in [5, 5.41) is 4.37. The molecule has 0 heterocycles. The Bertz CT molecular complexity index is 235. The van der Waals surface area contributed by atoms with Crippen molar-refractivity contribution < 1.29 is 18.0 Å². The molecule has 0 radical (unpaired) electrons. The van der Waals surface area contributed by atoms with Crippen molar-refractivity contribution in [1.82, 2.24) is 10.6 Å². The number of hydrogen-bond acceptors (Lipinski definition) is 1. The third-order valence-electron chi connectivity index (χ3n) is 2.80. The molecule has 0 aliphatic heterocycles. The van der Waals surface area contributed by atoms with Crippen molar-refractivity contribution in [3.63, 3.8) is 0 Å². The average molecular weight is 238 g/mol. The fourth-order valence-corrected chi connectivity index (χ4v) is 1.82. The monoisotopic (exact) mass is 238 g/mol. The molecule has 0 bridgehead atoms. The molecule has 1 aliphatic carbocycles. The first-order chi connectivity index (χ1) is 7.37. The van der Waals surface area contributed by atoms with Gasteiger partial charge in [0.2, 0.25) is 0 Å². The Morgan fingerprint density at radius 2 is 1.81 bits per heavy atom. The highest BCUT2D eigenvalue weighted by Gasteiger charge is 2.28. The van der Waals surface area contributed by atoms with E-state index in [9.17, 15) is 18.0 Å². The van der Waals surface area contributed by atoms with Crippen LogP contribution in [0.5, 0.6) is 0 Å². The van der Waals surface area contributed by atoms with Crippen LogP contribution in [0.3, 0.4) is 0 Å². The molecule has 1 saturated carbocycles. The van der Waals surface area contributed by atoms with Crippen LogP contribution in [-0.4, -0.2) is 24.8 Å². The number of alkyl halides is 3. The van der Waals surface area contributed by atoms with Crippen molar-refractivity contribution in [1.29, 1.82) is 0 Å². The SMILES string of the molecule is CC1CCC(NC(=O)NCC(F)(F)F)CC1. The van der Waals surface area contributed by atoms with E-state index >= 15 is 0 Å². The van der Waals surface area contributed by atoms with E-state index in [4.69, 9.17) is 0 Å². The normalized spacial score (nSPS) is 26.2. The number of nitrogens with one attached hydrogen (secondary N) is 2. The second kappa shape index (κ2) is 5.41. The van der Waals surface area contributed by atoms with Crippen LogP contribution in [0.2, 0.25) is 0 Å². The average Bonchev–Trinajstić information content (AvgIpc) is 2.18. The first-order valence-corrected chi connectivity index (χ1v) is 5.48. The molecule has 3 nitrogen and oxygen atoms in total. The minimum Gasteiger partial charge on any atom is -0.335 e. The second-order valence-electron chi connectivity index (χ2n) is 4.40. The third-order valence-corrected chi connectivity index (χ3v) is 2.80. The van der Waals surface area contributed by atoms with E-state index in [0.717, 1.165) is 25.7 Å². The van der Waals surface area contributed by atoms with Crippen LogP contribution in [0.1, 0.15) is 32.6 Å². The maximum Gasteiger partial charge on any atom is 0.405 e. The highest BCUT2D eigenvalue weighted by Crippen LogP contribution is 2.23. The molecule has 0 unspecified atom stereocenters. The van der Waals surface area contributed by atoms with Gasteiger partial charge in [0.25, 0.3) is 0 Å². The molecule has 1 aliphatic rings. The maximum absolute atomic E-state index is 11.8. The van der Waals surface area contributed by atoms with Gasteiger partial charge in [-0.25, -0.2) is 4.79 Å². The van der Waals surface area contributed by atoms with E-state index < -0.39 is 18.8 Å². The van der Waals surface area contributed by atoms with Gasteiger partial charge in [0.1, 0.15) is 6.54 Å². The lowest BCUT2D eigenvalue weighted by atomic mass is 9.87. The largest absolute Gasteiger partial charge is 0.405 e. The number of amides is 2. The molecular weight excluding hydrogens is 221 g/mol. The Morgan fingerprint density at radius 3 is 2.31 bits per heavy atom. The molecule has 0 spiro atoms. The van der Waals surface area contributed by atoms with Crippen molar-refractivity contribution in [3.05, 3.63) is 0 Å². The minimum atomic E-state index is -4.35. The molecule has 16 heavy (non-hydrogen) atoms. The number of carbonyl (C=O) groups excluding carboxylic acids is 1. The lowest BCUT2D eigenvalue weighted by Gasteiger charge is -2.27. The molecule has 0 aromatic heterocycles. The Hall–Kier alpha value is -0.940. The zero-order chi connectivity index (χ0) is 12.2. The Kier molecular flexibility index (Phi) is 4.44. The second-order valence-corrected chi connectivity index (χ2v) is 4.40. The van der Waals surface area contributed by atoms with Crippen LogP contribution >= 0.6 is 0 Å². The zero-order valence-electron chi connectivity index (χ0n) is 9.23. The summed E-state index contributed by atoms with van der Waals surface area (Å²) in [7, 11) is 0. The maximum atomic E-state index is 11.8. The first-order valence-electron chi connectivity index (χ1n) is 5.48. The highest BCUT2D eigenvalue weighted by atomic mass is 19.4. The molecule has 1 rings (SSSR count). The summed E-state index contributed by atoms with van der Waals surface area (Å²) in [5.41, 5.74) is 0. The standard InChI is InChI=1S/C10H17F3N2O/c1-7-2-4-8(5-3-7)15-9(16)14-6-10(11,12)13/h7-8H,2-6H2,1H3,(H2,14,15,16). The Morgan fingerprint density at radius 1 is 1.25 bits per heavy atom. The fourth-order valence-electron chi connectivity index (χ4n) is 1.82. The van der Waals surface area contributed by atoms with E-state index in [-0.39, 0.29) is 6.04 Å². The topological polar surface area (TPSA) is 41.1 Å². The molecule has 0 atom stereocenters. The zero-order valence-corrected chi connectivity index (χ0v) is 9.23. The van der Waals surface area contributed by atoms with Crippen molar-refractivity contribution in [2.75, 3.05) is 6.54 Å². The Labute approximate surface area is 92.8 Å². The van der Waals surface area contributed by atoms with Crippen LogP contribution in [0.15, 0.2) is 0 Å². The van der Waals surface area contributed by atoms with E-state index in [1.54, 1.807) is 5.32 Å². The van der Waals surface area contributed by atoms with Crippen molar-refractivity contribution in [2.45, 2.75) is 44.8 Å². The summed E-state index contributed by atoms with van der Waals surface area (Å²) < 4.78 is 35.4. The van der Waals surface area contributed by atoms with Gasteiger partial charge in [-0.3, -0.25) is 0 Å². The summed E-state index contributed by atoms with van der Waals surface area (Å²) in [5.74, 6) is 0.649. The van der Waals surface area contributed by atoms with E-state index in [0.29, 0.717) is 5.92 Å². The van der Waals surface area contributed by atoms with Crippen LogP contribution in [0, 0.1) is 5.92 Å². The van der Waals surface area contributed by atoms with Gasteiger partial charge in [0.15, 0.2) is 0 Å². The predicted octanol–water partition coefficient (Wildman–Crippen LogP) is 2.43. The summed E-state index contributed by atoms with van der Waals surface area (Å²) in [6.45, 7) is 0.863. The summed E-state index contributed by atoms with van der Waals surface area (Å²) in [4.78, 5) is 11.1. The van der Waals surface area contributed by atoms with Gasteiger partial charge in [-0.05, 0) is 31.6 Å². The lowest BCUT2D eigenvalue weighted by Crippen LogP contribution is -2.46. The molecule has 0 aromatic rings. The number of urea groups is 1. The van der Waals surface area contributed by atoms with Gasteiger partial charge < -0.3 is 10.6 Å². The van der Waals surface area contributed by atoms with Gasteiger partial charge in [-0.1, -0.05) is 6.92 Å².